The molecule has 0 bridgehead atoms. The summed E-state index contributed by atoms with van der Waals surface area (Å²) in [4.78, 5) is 15.3. The van der Waals surface area contributed by atoms with Crippen LogP contribution >= 0.6 is 0 Å². The van der Waals surface area contributed by atoms with Crippen LogP contribution in [-0.2, 0) is 13.1 Å². The second-order valence-corrected chi connectivity index (χ2v) is 7.49. The standard InChI is InChI=1S/C27H26N2O3/c1-31-25-13-5-21(6-14-25)19-29(20-22-7-15-26(32-2)16-8-22)27(30)23-9-11-24(12-10-23)28-17-3-4-18-28/h3-18H,19-20H2,1-2H3. The van der Waals surface area contributed by atoms with E-state index < -0.39 is 0 Å². The molecule has 0 aliphatic heterocycles. The SMILES string of the molecule is COc1ccc(CN(Cc2ccc(OC)cc2)C(=O)c2ccc(-n3cccc3)cc2)cc1. The van der Waals surface area contributed by atoms with Gasteiger partial charge in [0.15, 0.2) is 0 Å². The van der Waals surface area contributed by atoms with Gasteiger partial charge >= 0.3 is 0 Å². The number of benzene rings is 3. The van der Waals surface area contributed by atoms with Crippen molar-refractivity contribution in [3.8, 4) is 17.2 Å². The van der Waals surface area contributed by atoms with E-state index in [-0.39, 0.29) is 5.91 Å². The Labute approximate surface area is 188 Å². The molecule has 4 rings (SSSR count). The zero-order valence-electron chi connectivity index (χ0n) is 18.3. The van der Waals surface area contributed by atoms with Crippen molar-refractivity contribution in [2.24, 2.45) is 0 Å². The number of hydrogen-bond acceptors (Lipinski definition) is 3. The molecule has 5 heteroatoms. The quantitative estimate of drug-likeness (QED) is 0.382. The molecule has 0 N–H and O–H groups in total. The van der Waals surface area contributed by atoms with Crippen LogP contribution in [0.5, 0.6) is 11.5 Å². The summed E-state index contributed by atoms with van der Waals surface area (Å²) in [5.74, 6) is 1.57. The van der Waals surface area contributed by atoms with Gasteiger partial charge in [0.1, 0.15) is 11.5 Å². The Hall–Kier alpha value is -3.99. The minimum Gasteiger partial charge on any atom is -0.497 e. The summed E-state index contributed by atoms with van der Waals surface area (Å²) in [7, 11) is 3.29. The summed E-state index contributed by atoms with van der Waals surface area (Å²) in [5.41, 5.74) is 3.75. The average Bonchev–Trinajstić information content (AvgIpc) is 3.39. The zero-order valence-corrected chi connectivity index (χ0v) is 18.3. The summed E-state index contributed by atoms with van der Waals surface area (Å²) < 4.78 is 12.5. The number of aromatic nitrogens is 1. The molecule has 4 aromatic rings. The Morgan fingerprint density at radius 1 is 0.719 bits per heavy atom. The fraction of sp³-hybridized carbons (Fsp3) is 0.148. The van der Waals surface area contributed by atoms with Gasteiger partial charge in [-0.2, -0.15) is 0 Å². The maximum absolute atomic E-state index is 13.5. The van der Waals surface area contributed by atoms with Crippen LogP contribution in [0.25, 0.3) is 5.69 Å². The van der Waals surface area contributed by atoms with Crippen LogP contribution in [0, 0.1) is 0 Å². The molecule has 162 valence electrons. The number of amides is 1. The fourth-order valence-electron chi connectivity index (χ4n) is 3.57. The summed E-state index contributed by atoms with van der Waals surface area (Å²) >= 11 is 0. The topological polar surface area (TPSA) is 43.7 Å². The van der Waals surface area contributed by atoms with Gasteiger partial charge in [0.25, 0.3) is 5.91 Å². The minimum absolute atomic E-state index is 0.0179. The van der Waals surface area contributed by atoms with Gasteiger partial charge in [0, 0.05) is 36.7 Å². The van der Waals surface area contributed by atoms with Crippen molar-refractivity contribution in [3.63, 3.8) is 0 Å². The van der Waals surface area contributed by atoms with E-state index in [1.54, 1.807) is 14.2 Å². The lowest BCUT2D eigenvalue weighted by Gasteiger charge is -2.24. The van der Waals surface area contributed by atoms with E-state index in [1.807, 2.05) is 107 Å². The Balaban J connectivity index is 1.58. The largest absolute Gasteiger partial charge is 0.497 e. The zero-order chi connectivity index (χ0) is 22.3. The van der Waals surface area contributed by atoms with Crippen molar-refractivity contribution < 1.29 is 14.3 Å². The van der Waals surface area contributed by atoms with E-state index in [0.29, 0.717) is 18.7 Å². The van der Waals surface area contributed by atoms with Crippen LogP contribution in [0.4, 0.5) is 0 Å². The molecule has 0 spiro atoms. The van der Waals surface area contributed by atoms with E-state index in [1.165, 1.54) is 0 Å². The van der Waals surface area contributed by atoms with Gasteiger partial charge in [-0.15, -0.1) is 0 Å². The Kier molecular flexibility index (Phi) is 6.56. The summed E-state index contributed by atoms with van der Waals surface area (Å²) in [5, 5.41) is 0. The molecule has 3 aromatic carbocycles. The second kappa shape index (κ2) is 9.88. The van der Waals surface area contributed by atoms with Crippen molar-refractivity contribution in [1.29, 1.82) is 0 Å². The molecule has 0 unspecified atom stereocenters. The molecule has 0 aliphatic carbocycles. The number of hydrogen-bond donors (Lipinski definition) is 0. The average molecular weight is 427 g/mol. The lowest BCUT2D eigenvalue weighted by atomic mass is 10.1. The van der Waals surface area contributed by atoms with Crippen molar-refractivity contribution in [1.82, 2.24) is 9.47 Å². The van der Waals surface area contributed by atoms with E-state index in [9.17, 15) is 4.79 Å². The van der Waals surface area contributed by atoms with Crippen molar-refractivity contribution in [3.05, 3.63) is 114 Å². The highest BCUT2D eigenvalue weighted by Gasteiger charge is 2.17. The summed E-state index contributed by atoms with van der Waals surface area (Å²) in [6.07, 6.45) is 3.97. The molecule has 1 aromatic heterocycles. The van der Waals surface area contributed by atoms with E-state index in [2.05, 4.69) is 0 Å². The number of carbonyl (C=O) groups is 1. The van der Waals surface area contributed by atoms with Gasteiger partial charge in [-0.3, -0.25) is 4.79 Å². The number of rotatable bonds is 8. The van der Waals surface area contributed by atoms with Crippen molar-refractivity contribution in [2.75, 3.05) is 14.2 Å². The molecular weight excluding hydrogens is 400 g/mol. The van der Waals surface area contributed by atoms with Crippen molar-refractivity contribution >= 4 is 5.91 Å². The monoisotopic (exact) mass is 426 g/mol. The lowest BCUT2D eigenvalue weighted by Crippen LogP contribution is -2.30. The van der Waals surface area contributed by atoms with Crippen LogP contribution in [-0.4, -0.2) is 29.6 Å². The maximum Gasteiger partial charge on any atom is 0.254 e. The highest BCUT2D eigenvalue weighted by atomic mass is 16.5. The third-order valence-corrected chi connectivity index (χ3v) is 5.37. The van der Waals surface area contributed by atoms with Crippen LogP contribution in [0.1, 0.15) is 21.5 Å². The van der Waals surface area contributed by atoms with Crippen LogP contribution in [0.15, 0.2) is 97.3 Å². The number of methoxy groups -OCH3 is 2. The van der Waals surface area contributed by atoms with Gasteiger partial charge in [-0.25, -0.2) is 0 Å². The molecule has 1 amide bonds. The van der Waals surface area contributed by atoms with E-state index in [4.69, 9.17) is 9.47 Å². The first-order valence-corrected chi connectivity index (χ1v) is 10.4. The second-order valence-electron chi connectivity index (χ2n) is 7.49. The molecule has 0 saturated carbocycles. The van der Waals surface area contributed by atoms with Crippen molar-refractivity contribution in [2.45, 2.75) is 13.1 Å². The highest BCUT2D eigenvalue weighted by Crippen LogP contribution is 2.19. The molecule has 0 fully saturated rings. The van der Waals surface area contributed by atoms with Crippen LogP contribution < -0.4 is 9.47 Å². The molecule has 0 atom stereocenters. The summed E-state index contributed by atoms with van der Waals surface area (Å²) in [6, 6.07) is 27.3. The Bertz CT molecular complexity index is 1080. The molecule has 0 saturated heterocycles. The molecule has 0 aliphatic rings. The normalized spacial score (nSPS) is 10.6. The van der Waals surface area contributed by atoms with Gasteiger partial charge in [0.2, 0.25) is 0 Å². The van der Waals surface area contributed by atoms with Gasteiger partial charge < -0.3 is 18.9 Å². The molecule has 0 radical (unpaired) electrons. The lowest BCUT2D eigenvalue weighted by molar-refractivity contribution is 0.0730. The molecule has 1 heterocycles. The first-order valence-electron chi connectivity index (χ1n) is 10.4. The minimum atomic E-state index is -0.0179. The Morgan fingerprint density at radius 2 is 1.19 bits per heavy atom. The molecule has 32 heavy (non-hydrogen) atoms. The Morgan fingerprint density at radius 3 is 1.62 bits per heavy atom. The van der Waals surface area contributed by atoms with Gasteiger partial charge in [-0.05, 0) is 71.8 Å². The maximum atomic E-state index is 13.5. The highest BCUT2D eigenvalue weighted by molar-refractivity contribution is 5.94. The fourth-order valence-corrected chi connectivity index (χ4v) is 3.57. The number of nitrogens with zero attached hydrogens (tertiary/aromatic N) is 2. The van der Waals surface area contributed by atoms with Gasteiger partial charge in [0.05, 0.1) is 14.2 Å². The molecule has 5 nitrogen and oxygen atoms in total. The van der Waals surface area contributed by atoms with Crippen LogP contribution in [0.2, 0.25) is 0 Å². The third-order valence-electron chi connectivity index (χ3n) is 5.37. The van der Waals surface area contributed by atoms with E-state index in [0.717, 1.165) is 28.3 Å². The van der Waals surface area contributed by atoms with Crippen LogP contribution in [0.3, 0.4) is 0 Å². The first kappa shape index (κ1) is 21.2. The predicted molar refractivity (Wildman–Crippen MR) is 125 cm³/mol. The van der Waals surface area contributed by atoms with E-state index >= 15 is 0 Å². The number of carbonyl (C=O) groups excluding carboxylic acids is 1. The summed E-state index contributed by atoms with van der Waals surface area (Å²) in [6.45, 7) is 0.989. The first-order chi connectivity index (χ1) is 15.7. The molecular formula is C27H26N2O3. The third kappa shape index (κ3) is 5.01. The van der Waals surface area contributed by atoms with Gasteiger partial charge in [-0.1, -0.05) is 24.3 Å². The number of ether oxygens (including phenoxy) is 2. The smallest absolute Gasteiger partial charge is 0.254 e. The predicted octanol–water partition coefficient (Wildman–Crippen LogP) is 5.34.